The predicted molar refractivity (Wildman–Crippen MR) is 71.5 cm³/mol. The molecule has 3 nitrogen and oxygen atoms in total. The van der Waals surface area contributed by atoms with Gasteiger partial charge in [-0.15, -0.1) is 12.6 Å². The normalized spacial score (nSPS) is 10.4. The van der Waals surface area contributed by atoms with E-state index in [4.69, 9.17) is 5.11 Å². The van der Waals surface area contributed by atoms with Crippen molar-refractivity contribution in [2.45, 2.75) is 30.6 Å². The lowest BCUT2D eigenvalue weighted by Crippen LogP contribution is -2.24. The maximum Gasteiger partial charge on any atom is 0.251 e. The predicted octanol–water partition coefficient (Wildman–Crippen LogP) is 2.40. The molecule has 0 atom stereocenters. The summed E-state index contributed by atoms with van der Waals surface area (Å²) in [5, 5.41) is 11.4. The van der Waals surface area contributed by atoms with Gasteiger partial charge in [0.2, 0.25) is 0 Å². The minimum Gasteiger partial charge on any atom is -0.396 e. The van der Waals surface area contributed by atoms with Crippen molar-refractivity contribution in [3.05, 3.63) is 29.6 Å². The molecule has 0 saturated heterocycles. The zero-order valence-electron chi connectivity index (χ0n) is 10.2. The maximum atomic E-state index is 13.0. The van der Waals surface area contributed by atoms with Crippen molar-refractivity contribution in [1.29, 1.82) is 0 Å². The van der Waals surface area contributed by atoms with E-state index in [0.717, 1.165) is 25.7 Å². The molecule has 1 aromatic carbocycles. The maximum absolute atomic E-state index is 13.0. The molecule has 2 N–H and O–H groups in total. The number of rotatable bonds is 7. The molecule has 1 aromatic rings. The Kier molecular flexibility index (Phi) is 6.75. The van der Waals surface area contributed by atoms with Crippen molar-refractivity contribution in [3.8, 4) is 0 Å². The topological polar surface area (TPSA) is 49.3 Å². The Morgan fingerprint density at radius 3 is 2.67 bits per heavy atom. The number of benzene rings is 1. The highest BCUT2D eigenvalue weighted by Gasteiger charge is 2.07. The molecular formula is C13H18FNO2S. The second-order valence-electron chi connectivity index (χ2n) is 4.06. The van der Waals surface area contributed by atoms with Gasteiger partial charge in [0.05, 0.1) is 0 Å². The lowest BCUT2D eigenvalue weighted by Gasteiger charge is -2.06. The molecule has 0 spiro atoms. The third-order valence-corrected chi connectivity index (χ3v) is 2.92. The van der Waals surface area contributed by atoms with Crippen molar-refractivity contribution >= 4 is 18.5 Å². The first kappa shape index (κ1) is 15.0. The summed E-state index contributed by atoms with van der Waals surface area (Å²) in [4.78, 5) is 11.9. The fraction of sp³-hybridized carbons (Fsp3) is 0.462. The first-order valence-electron chi connectivity index (χ1n) is 6.02. The van der Waals surface area contributed by atoms with Crippen LogP contribution in [-0.4, -0.2) is 24.2 Å². The molecule has 100 valence electrons. The molecule has 0 aliphatic heterocycles. The van der Waals surface area contributed by atoms with Gasteiger partial charge in [-0.2, -0.15) is 0 Å². The van der Waals surface area contributed by atoms with Gasteiger partial charge in [-0.05, 0) is 31.0 Å². The van der Waals surface area contributed by atoms with Crippen LogP contribution in [0.15, 0.2) is 23.1 Å². The number of aliphatic hydroxyl groups is 1. The number of aliphatic hydroxyl groups excluding tert-OH is 1. The fourth-order valence-corrected chi connectivity index (χ4v) is 1.76. The quantitative estimate of drug-likeness (QED) is 0.527. The van der Waals surface area contributed by atoms with Crippen molar-refractivity contribution in [2.75, 3.05) is 13.2 Å². The highest BCUT2D eigenvalue weighted by Crippen LogP contribution is 2.14. The lowest BCUT2D eigenvalue weighted by atomic mass is 10.2. The summed E-state index contributed by atoms with van der Waals surface area (Å²) in [6, 6.07) is 4.09. The minimum atomic E-state index is -0.432. The van der Waals surface area contributed by atoms with E-state index >= 15 is 0 Å². The van der Waals surface area contributed by atoms with Crippen molar-refractivity contribution in [3.63, 3.8) is 0 Å². The average molecular weight is 271 g/mol. The largest absolute Gasteiger partial charge is 0.396 e. The van der Waals surface area contributed by atoms with Crippen LogP contribution in [0.1, 0.15) is 36.0 Å². The summed E-state index contributed by atoms with van der Waals surface area (Å²) in [5.41, 5.74) is 0.414. The molecule has 0 radical (unpaired) electrons. The van der Waals surface area contributed by atoms with Crippen LogP contribution in [-0.2, 0) is 0 Å². The highest BCUT2D eigenvalue weighted by atomic mass is 32.1. The number of unbranched alkanes of at least 4 members (excludes halogenated alkanes) is 3. The van der Waals surface area contributed by atoms with Crippen LogP contribution in [0.4, 0.5) is 4.39 Å². The van der Waals surface area contributed by atoms with Crippen LogP contribution >= 0.6 is 12.6 Å². The van der Waals surface area contributed by atoms with Gasteiger partial charge in [0.1, 0.15) is 5.82 Å². The standard InChI is InChI=1S/C13H18FNO2S/c14-11-6-5-10(9-12(11)18)13(17)15-7-3-1-2-4-8-16/h5-6,9,16,18H,1-4,7-8H2,(H,15,17). The van der Waals surface area contributed by atoms with Gasteiger partial charge in [0.25, 0.3) is 5.91 Å². The Morgan fingerprint density at radius 1 is 1.28 bits per heavy atom. The Bertz CT molecular complexity index is 399. The molecular weight excluding hydrogens is 253 g/mol. The Balaban J connectivity index is 2.30. The van der Waals surface area contributed by atoms with E-state index in [1.54, 1.807) is 0 Å². The van der Waals surface area contributed by atoms with Crippen molar-refractivity contribution < 1.29 is 14.3 Å². The van der Waals surface area contributed by atoms with Crippen molar-refractivity contribution in [2.24, 2.45) is 0 Å². The molecule has 0 heterocycles. The first-order valence-corrected chi connectivity index (χ1v) is 6.47. The van der Waals surface area contributed by atoms with Crippen LogP contribution in [0.5, 0.6) is 0 Å². The number of carbonyl (C=O) groups is 1. The molecule has 0 unspecified atom stereocenters. The highest BCUT2D eigenvalue weighted by molar-refractivity contribution is 7.80. The molecule has 18 heavy (non-hydrogen) atoms. The molecule has 0 fully saturated rings. The van der Waals surface area contributed by atoms with E-state index in [0.29, 0.717) is 12.1 Å². The second kappa shape index (κ2) is 8.11. The van der Waals surface area contributed by atoms with Gasteiger partial charge in [-0.25, -0.2) is 4.39 Å². The van der Waals surface area contributed by atoms with Crippen LogP contribution in [0, 0.1) is 5.82 Å². The molecule has 0 aliphatic rings. The van der Waals surface area contributed by atoms with E-state index in [9.17, 15) is 9.18 Å². The monoisotopic (exact) mass is 271 g/mol. The van der Waals surface area contributed by atoms with E-state index < -0.39 is 5.82 Å². The summed E-state index contributed by atoms with van der Waals surface area (Å²) in [6.45, 7) is 0.802. The number of hydrogen-bond acceptors (Lipinski definition) is 3. The lowest BCUT2D eigenvalue weighted by molar-refractivity contribution is 0.0952. The molecule has 0 aromatic heterocycles. The number of thiol groups is 1. The Hall–Kier alpha value is -1.07. The third kappa shape index (κ3) is 5.06. The molecule has 0 aliphatic carbocycles. The van der Waals surface area contributed by atoms with Gasteiger partial charge in [0, 0.05) is 23.6 Å². The summed E-state index contributed by atoms with van der Waals surface area (Å²) in [6.07, 6.45) is 3.61. The van der Waals surface area contributed by atoms with E-state index in [2.05, 4.69) is 17.9 Å². The van der Waals surface area contributed by atoms with Crippen LogP contribution in [0.25, 0.3) is 0 Å². The molecule has 1 rings (SSSR count). The first-order chi connectivity index (χ1) is 8.65. The average Bonchev–Trinajstić information content (AvgIpc) is 2.36. The molecule has 5 heteroatoms. The van der Waals surface area contributed by atoms with Gasteiger partial charge in [-0.3, -0.25) is 4.79 Å². The number of halogens is 1. The van der Waals surface area contributed by atoms with Crippen LogP contribution in [0.2, 0.25) is 0 Å². The van der Waals surface area contributed by atoms with Gasteiger partial charge < -0.3 is 10.4 Å². The van der Waals surface area contributed by atoms with E-state index in [-0.39, 0.29) is 17.4 Å². The van der Waals surface area contributed by atoms with E-state index in [1.807, 2.05) is 0 Å². The zero-order valence-corrected chi connectivity index (χ0v) is 11.0. The Morgan fingerprint density at radius 2 is 2.00 bits per heavy atom. The fourth-order valence-electron chi connectivity index (χ4n) is 1.55. The van der Waals surface area contributed by atoms with Gasteiger partial charge in [0.15, 0.2) is 0 Å². The zero-order chi connectivity index (χ0) is 13.4. The summed E-state index contributed by atoms with van der Waals surface area (Å²) < 4.78 is 13.0. The van der Waals surface area contributed by atoms with Gasteiger partial charge in [-0.1, -0.05) is 12.8 Å². The molecule has 1 amide bonds. The number of carbonyl (C=O) groups excluding carboxylic acids is 1. The molecule has 0 bridgehead atoms. The summed E-state index contributed by atoms with van der Waals surface area (Å²) >= 11 is 3.93. The van der Waals surface area contributed by atoms with Crippen molar-refractivity contribution in [1.82, 2.24) is 5.32 Å². The smallest absolute Gasteiger partial charge is 0.251 e. The Labute approximate surface area is 112 Å². The summed E-state index contributed by atoms with van der Waals surface area (Å²) in [5.74, 6) is -0.647. The summed E-state index contributed by atoms with van der Waals surface area (Å²) in [7, 11) is 0. The van der Waals surface area contributed by atoms with E-state index in [1.165, 1.54) is 18.2 Å². The SMILES string of the molecule is O=C(NCCCCCCO)c1ccc(F)c(S)c1. The number of hydrogen-bond donors (Lipinski definition) is 3. The van der Waals surface area contributed by atoms with Gasteiger partial charge >= 0.3 is 0 Å². The second-order valence-corrected chi connectivity index (χ2v) is 4.54. The van der Waals surface area contributed by atoms with Crippen LogP contribution < -0.4 is 5.32 Å². The third-order valence-electron chi connectivity index (χ3n) is 2.58. The van der Waals surface area contributed by atoms with Crippen LogP contribution in [0.3, 0.4) is 0 Å². The molecule has 0 saturated carbocycles. The number of amides is 1. The minimum absolute atomic E-state index is 0.172. The number of nitrogens with one attached hydrogen (secondary N) is 1.